The minimum Gasteiger partial charge on any atom is -0.462 e. The lowest BCUT2D eigenvalue weighted by atomic mass is 10.1. The monoisotopic (exact) mass is 1000 g/mol. The van der Waals surface area contributed by atoms with Crippen LogP contribution >= 0.6 is 0 Å². The molecule has 0 radical (unpaired) electrons. The molecule has 0 N–H and O–H groups in total. The van der Waals surface area contributed by atoms with Gasteiger partial charge in [0.05, 0.1) is 0 Å². The molecule has 1 atom stereocenters. The normalized spacial score (nSPS) is 13.3. The first kappa shape index (κ1) is 68.0. The number of carbonyl (C=O) groups is 3. The summed E-state index contributed by atoms with van der Waals surface area (Å²) in [4.78, 5) is 38.2. The third-order valence-corrected chi connectivity index (χ3v) is 11.5. The first-order chi connectivity index (χ1) is 36.0. The number of allylic oxidation sites excluding steroid dienone is 26. The van der Waals surface area contributed by atoms with E-state index in [1.54, 1.807) is 0 Å². The fourth-order valence-electron chi connectivity index (χ4n) is 7.16. The van der Waals surface area contributed by atoms with Crippen LogP contribution < -0.4 is 0 Å². The van der Waals surface area contributed by atoms with Crippen LogP contribution in [-0.4, -0.2) is 37.2 Å². The third-order valence-electron chi connectivity index (χ3n) is 11.5. The van der Waals surface area contributed by atoms with Gasteiger partial charge in [-0.15, -0.1) is 0 Å². The molecule has 0 aromatic heterocycles. The number of ether oxygens (including phenoxy) is 3. The largest absolute Gasteiger partial charge is 0.462 e. The van der Waals surface area contributed by atoms with Gasteiger partial charge in [-0.25, -0.2) is 0 Å². The van der Waals surface area contributed by atoms with Gasteiger partial charge in [-0.2, -0.15) is 0 Å². The number of unbranched alkanes of at least 4 members (excludes halogenated alkanes) is 13. The molecule has 0 rings (SSSR count). The molecule has 6 nitrogen and oxygen atoms in total. The van der Waals surface area contributed by atoms with Crippen molar-refractivity contribution in [2.45, 2.75) is 232 Å². The molecule has 0 saturated heterocycles. The lowest BCUT2D eigenvalue weighted by Crippen LogP contribution is -2.30. The van der Waals surface area contributed by atoms with Crippen LogP contribution in [0.3, 0.4) is 0 Å². The third kappa shape index (κ3) is 57.8. The van der Waals surface area contributed by atoms with Crippen LogP contribution in [0.5, 0.6) is 0 Å². The highest BCUT2D eigenvalue weighted by Crippen LogP contribution is 2.11. The Hall–Kier alpha value is -4.97. The Bertz CT molecular complexity index is 1670. The Morgan fingerprint density at radius 1 is 0.288 bits per heavy atom. The summed E-state index contributed by atoms with van der Waals surface area (Å²) < 4.78 is 16.8. The topological polar surface area (TPSA) is 78.9 Å². The van der Waals surface area contributed by atoms with Crippen LogP contribution in [0, 0.1) is 0 Å². The van der Waals surface area contributed by atoms with Gasteiger partial charge in [-0.05, 0) is 141 Å². The number of carbonyl (C=O) groups excluding carboxylic acids is 3. The minimum atomic E-state index is -0.843. The van der Waals surface area contributed by atoms with E-state index in [1.807, 2.05) is 12.2 Å². The zero-order valence-corrected chi connectivity index (χ0v) is 46.6. The van der Waals surface area contributed by atoms with Crippen molar-refractivity contribution < 1.29 is 28.6 Å². The van der Waals surface area contributed by atoms with Crippen LogP contribution in [0.4, 0.5) is 0 Å². The number of hydrogen-bond donors (Lipinski definition) is 0. The van der Waals surface area contributed by atoms with Gasteiger partial charge in [0.1, 0.15) is 13.2 Å². The molecule has 0 bridgehead atoms. The molecule has 0 aliphatic rings. The average Bonchev–Trinajstić information content (AvgIpc) is 3.39. The molecule has 0 aliphatic carbocycles. The van der Waals surface area contributed by atoms with Crippen molar-refractivity contribution >= 4 is 17.9 Å². The van der Waals surface area contributed by atoms with Crippen molar-refractivity contribution in [3.8, 4) is 0 Å². The Morgan fingerprint density at radius 2 is 0.562 bits per heavy atom. The summed E-state index contributed by atoms with van der Waals surface area (Å²) in [5, 5.41) is 0. The maximum Gasteiger partial charge on any atom is 0.306 e. The molecule has 0 spiro atoms. The number of rotatable bonds is 50. The van der Waals surface area contributed by atoms with Crippen molar-refractivity contribution in [1.29, 1.82) is 0 Å². The number of esters is 3. The van der Waals surface area contributed by atoms with E-state index in [0.717, 1.165) is 128 Å². The van der Waals surface area contributed by atoms with Gasteiger partial charge in [0.2, 0.25) is 0 Å². The van der Waals surface area contributed by atoms with Crippen molar-refractivity contribution in [3.05, 3.63) is 158 Å². The standard InChI is InChI=1S/C67H104O6/c1-4-7-10-13-16-19-22-25-28-31-33-36-38-41-44-47-50-53-56-59-65(68)71-62-64(73-67(70)61-58-55-52-49-46-43-40-35-30-27-24-21-18-15-12-9-6-3)63-72-66(69)60-57-54-51-48-45-42-39-37-34-32-29-26-23-20-17-14-11-8-5-2/h7,10,16-21,25-30,33-34,36-37,40-45,50,53,64H,4-6,8-9,11-15,22-24,31-32,35,38-39,46-49,51-52,54-63H2,1-3H3/b10-7-,19-16-,20-17-,21-18-,28-25-,29-26-,30-27-,36-33-,37-34-,43-40-,44-41-,45-42-,53-50-/t64-/m1/s1. The van der Waals surface area contributed by atoms with E-state index < -0.39 is 6.10 Å². The van der Waals surface area contributed by atoms with Gasteiger partial charge < -0.3 is 14.2 Å². The molecular weight excluding hydrogens is 901 g/mol. The maximum absolute atomic E-state index is 12.9. The summed E-state index contributed by atoms with van der Waals surface area (Å²) >= 11 is 0. The van der Waals surface area contributed by atoms with E-state index in [4.69, 9.17) is 14.2 Å². The van der Waals surface area contributed by atoms with Crippen LogP contribution in [-0.2, 0) is 28.6 Å². The van der Waals surface area contributed by atoms with Crippen LogP contribution in [0.15, 0.2) is 158 Å². The van der Waals surface area contributed by atoms with E-state index in [1.165, 1.54) is 51.4 Å². The Balaban J connectivity index is 4.63. The highest BCUT2D eigenvalue weighted by atomic mass is 16.6. The first-order valence-corrected chi connectivity index (χ1v) is 29.0. The van der Waals surface area contributed by atoms with Gasteiger partial charge in [-0.1, -0.05) is 224 Å². The Kier molecular flexibility index (Phi) is 55.5. The quantitative estimate of drug-likeness (QED) is 0.0261. The second kappa shape index (κ2) is 59.6. The summed E-state index contributed by atoms with van der Waals surface area (Å²) in [5.41, 5.74) is 0. The highest BCUT2D eigenvalue weighted by molar-refractivity contribution is 5.71. The van der Waals surface area contributed by atoms with Gasteiger partial charge >= 0.3 is 17.9 Å². The van der Waals surface area contributed by atoms with Crippen molar-refractivity contribution in [1.82, 2.24) is 0 Å². The second-order valence-corrected chi connectivity index (χ2v) is 18.5. The SMILES string of the molecule is CC/C=C\C/C=C\C/C=C\C/C=C\C/C=C\C/C=C\CCC(=O)OC[C@H](COC(=O)CCCCC/C=C\C/C=C\C/C=C\C/C=C\CCCCC)OC(=O)CCCCCC/C=C\C/C=C\C/C=C\CCCCC. The Morgan fingerprint density at radius 3 is 0.918 bits per heavy atom. The molecule has 0 heterocycles. The van der Waals surface area contributed by atoms with Crippen molar-refractivity contribution in [3.63, 3.8) is 0 Å². The zero-order chi connectivity index (χ0) is 52.9. The molecule has 0 unspecified atom stereocenters. The van der Waals surface area contributed by atoms with Gasteiger partial charge in [0, 0.05) is 19.3 Å². The minimum absolute atomic E-state index is 0.134. The van der Waals surface area contributed by atoms with Crippen LogP contribution in [0.1, 0.15) is 226 Å². The summed E-state index contributed by atoms with van der Waals surface area (Å²) in [5.74, 6) is -1.08. The molecule has 6 heteroatoms. The van der Waals surface area contributed by atoms with E-state index >= 15 is 0 Å². The average molecular weight is 1010 g/mol. The molecule has 0 aliphatic heterocycles. The van der Waals surface area contributed by atoms with Crippen molar-refractivity contribution in [2.75, 3.05) is 13.2 Å². The fraction of sp³-hybridized carbons (Fsp3) is 0.567. The predicted octanol–water partition coefficient (Wildman–Crippen LogP) is 19.8. The fourth-order valence-corrected chi connectivity index (χ4v) is 7.16. The maximum atomic E-state index is 12.9. The van der Waals surface area contributed by atoms with Gasteiger partial charge in [0.15, 0.2) is 6.10 Å². The van der Waals surface area contributed by atoms with Gasteiger partial charge in [0.25, 0.3) is 0 Å². The first-order valence-electron chi connectivity index (χ1n) is 29.0. The smallest absolute Gasteiger partial charge is 0.306 e. The Labute approximate surface area is 448 Å². The molecule has 0 amide bonds. The molecule has 0 aromatic rings. The van der Waals surface area contributed by atoms with E-state index in [2.05, 4.69) is 167 Å². The molecule has 0 aromatic carbocycles. The van der Waals surface area contributed by atoms with E-state index in [9.17, 15) is 14.4 Å². The van der Waals surface area contributed by atoms with Crippen molar-refractivity contribution in [2.24, 2.45) is 0 Å². The summed E-state index contributed by atoms with van der Waals surface area (Å²) in [6.45, 7) is 6.34. The summed E-state index contributed by atoms with van der Waals surface area (Å²) in [6.07, 6.45) is 86.7. The summed E-state index contributed by atoms with van der Waals surface area (Å²) in [6, 6.07) is 0. The summed E-state index contributed by atoms with van der Waals surface area (Å²) in [7, 11) is 0. The van der Waals surface area contributed by atoms with Crippen LogP contribution in [0.2, 0.25) is 0 Å². The predicted molar refractivity (Wildman–Crippen MR) is 315 cm³/mol. The lowest BCUT2D eigenvalue weighted by molar-refractivity contribution is -0.166. The molecule has 0 saturated carbocycles. The molecule has 408 valence electrons. The molecule has 73 heavy (non-hydrogen) atoms. The second-order valence-electron chi connectivity index (χ2n) is 18.5. The molecule has 0 fully saturated rings. The number of hydrogen-bond acceptors (Lipinski definition) is 6. The highest BCUT2D eigenvalue weighted by Gasteiger charge is 2.19. The van der Waals surface area contributed by atoms with E-state index in [0.29, 0.717) is 12.8 Å². The molecular formula is C67H104O6. The van der Waals surface area contributed by atoms with Crippen LogP contribution in [0.25, 0.3) is 0 Å². The zero-order valence-electron chi connectivity index (χ0n) is 46.6. The van der Waals surface area contributed by atoms with E-state index in [-0.39, 0.29) is 44.0 Å². The lowest BCUT2D eigenvalue weighted by Gasteiger charge is -2.18. The van der Waals surface area contributed by atoms with Gasteiger partial charge in [-0.3, -0.25) is 14.4 Å².